The Labute approximate surface area is 119 Å². The maximum Gasteiger partial charge on any atom is 0.315 e. The molecule has 4 heteroatoms. The number of carbonyl (C=O) groups excluding carboxylic acids is 1. The van der Waals surface area contributed by atoms with Crippen molar-refractivity contribution in [3.63, 3.8) is 0 Å². The van der Waals surface area contributed by atoms with Crippen LogP contribution in [0.4, 0.5) is 4.79 Å². The standard InChI is InChI=1S/C16H22N2O2/c1-4-13(5-2)18-16(19)17-11(3)15-10-12-8-6-7-9-14(12)20-15/h6-11,13H,4-5H2,1-3H3,(H2,17,18,19). The Morgan fingerprint density at radius 3 is 2.55 bits per heavy atom. The second kappa shape index (κ2) is 6.46. The largest absolute Gasteiger partial charge is 0.459 e. The van der Waals surface area contributed by atoms with Crippen LogP contribution in [-0.4, -0.2) is 12.1 Å². The maximum absolute atomic E-state index is 11.9. The number of benzene rings is 1. The summed E-state index contributed by atoms with van der Waals surface area (Å²) in [6, 6.07) is 9.72. The number of hydrogen-bond acceptors (Lipinski definition) is 2. The molecule has 1 unspecified atom stereocenters. The third-order valence-electron chi connectivity index (χ3n) is 3.54. The molecule has 2 amide bonds. The van der Waals surface area contributed by atoms with Gasteiger partial charge in [0.2, 0.25) is 0 Å². The monoisotopic (exact) mass is 274 g/mol. The van der Waals surface area contributed by atoms with E-state index in [4.69, 9.17) is 4.42 Å². The Balaban J connectivity index is 2.00. The molecule has 0 aliphatic rings. The zero-order valence-corrected chi connectivity index (χ0v) is 12.3. The van der Waals surface area contributed by atoms with Crippen molar-refractivity contribution in [3.8, 4) is 0 Å². The molecule has 1 atom stereocenters. The number of amides is 2. The predicted molar refractivity (Wildman–Crippen MR) is 80.7 cm³/mol. The normalized spacial score (nSPS) is 12.6. The van der Waals surface area contributed by atoms with Crippen molar-refractivity contribution in [3.05, 3.63) is 36.1 Å². The van der Waals surface area contributed by atoms with Crippen LogP contribution in [0, 0.1) is 0 Å². The number of fused-ring (bicyclic) bond motifs is 1. The Morgan fingerprint density at radius 2 is 1.90 bits per heavy atom. The minimum atomic E-state index is -0.156. The van der Waals surface area contributed by atoms with Gasteiger partial charge in [0.05, 0.1) is 6.04 Å². The summed E-state index contributed by atoms with van der Waals surface area (Å²) in [5.41, 5.74) is 0.844. The molecule has 0 radical (unpaired) electrons. The highest BCUT2D eigenvalue weighted by molar-refractivity contribution is 5.78. The van der Waals surface area contributed by atoms with Gasteiger partial charge < -0.3 is 15.1 Å². The minimum absolute atomic E-state index is 0.147. The quantitative estimate of drug-likeness (QED) is 0.866. The molecule has 0 saturated heterocycles. The van der Waals surface area contributed by atoms with E-state index in [0.717, 1.165) is 29.6 Å². The van der Waals surface area contributed by atoms with E-state index < -0.39 is 0 Å². The molecule has 2 rings (SSSR count). The van der Waals surface area contributed by atoms with Gasteiger partial charge in [0.15, 0.2) is 0 Å². The smallest absolute Gasteiger partial charge is 0.315 e. The maximum atomic E-state index is 11.9. The SMILES string of the molecule is CCC(CC)NC(=O)NC(C)c1cc2ccccc2o1. The average Bonchev–Trinajstić information content (AvgIpc) is 2.88. The lowest BCUT2D eigenvalue weighted by atomic mass is 10.2. The molecule has 108 valence electrons. The van der Waals surface area contributed by atoms with Crippen molar-refractivity contribution in [2.24, 2.45) is 0 Å². The van der Waals surface area contributed by atoms with Crippen LogP contribution in [0.1, 0.15) is 45.4 Å². The van der Waals surface area contributed by atoms with E-state index >= 15 is 0 Å². The summed E-state index contributed by atoms with van der Waals surface area (Å²) in [7, 11) is 0. The molecule has 0 bridgehead atoms. The van der Waals surface area contributed by atoms with Crippen LogP contribution in [-0.2, 0) is 0 Å². The third kappa shape index (κ3) is 3.32. The Kier molecular flexibility index (Phi) is 4.66. The first-order valence-electron chi connectivity index (χ1n) is 7.19. The summed E-state index contributed by atoms with van der Waals surface area (Å²) >= 11 is 0. The van der Waals surface area contributed by atoms with E-state index in [1.165, 1.54) is 0 Å². The Hall–Kier alpha value is -1.97. The van der Waals surface area contributed by atoms with E-state index in [0.29, 0.717) is 0 Å². The van der Waals surface area contributed by atoms with Gasteiger partial charge in [0, 0.05) is 11.4 Å². The minimum Gasteiger partial charge on any atom is -0.459 e. The van der Waals surface area contributed by atoms with Crippen molar-refractivity contribution in [1.29, 1.82) is 0 Å². The van der Waals surface area contributed by atoms with Gasteiger partial charge in [-0.25, -0.2) is 4.79 Å². The van der Waals surface area contributed by atoms with Gasteiger partial charge >= 0.3 is 6.03 Å². The molecule has 2 aromatic rings. The molecule has 2 N–H and O–H groups in total. The van der Waals surface area contributed by atoms with Crippen molar-refractivity contribution < 1.29 is 9.21 Å². The first-order valence-corrected chi connectivity index (χ1v) is 7.19. The Morgan fingerprint density at radius 1 is 1.20 bits per heavy atom. The number of para-hydroxylation sites is 1. The van der Waals surface area contributed by atoms with E-state index in [1.54, 1.807) is 0 Å². The molecular weight excluding hydrogens is 252 g/mol. The van der Waals surface area contributed by atoms with Gasteiger partial charge in [0.1, 0.15) is 11.3 Å². The zero-order valence-electron chi connectivity index (χ0n) is 12.3. The molecule has 1 aromatic heterocycles. The number of rotatable bonds is 5. The topological polar surface area (TPSA) is 54.3 Å². The summed E-state index contributed by atoms with van der Waals surface area (Å²) in [5, 5.41) is 6.92. The number of furan rings is 1. The van der Waals surface area contributed by atoms with Gasteiger partial charge in [-0.05, 0) is 31.9 Å². The van der Waals surface area contributed by atoms with Gasteiger partial charge in [-0.15, -0.1) is 0 Å². The molecule has 4 nitrogen and oxygen atoms in total. The van der Waals surface area contributed by atoms with E-state index in [1.807, 2.05) is 37.3 Å². The molecular formula is C16H22N2O2. The fourth-order valence-electron chi connectivity index (χ4n) is 2.20. The lowest BCUT2D eigenvalue weighted by Crippen LogP contribution is -2.42. The molecule has 1 heterocycles. The molecule has 0 aliphatic carbocycles. The van der Waals surface area contributed by atoms with Gasteiger partial charge in [-0.2, -0.15) is 0 Å². The van der Waals surface area contributed by atoms with E-state index in [9.17, 15) is 4.79 Å². The fraction of sp³-hybridized carbons (Fsp3) is 0.438. The number of nitrogens with one attached hydrogen (secondary N) is 2. The summed E-state index contributed by atoms with van der Waals surface area (Å²) in [4.78, 5) is 11.9. The first-order chi connectivity index (χ1) is 9.63. The first kappa shape index (κ1) is 14.4. The van der Waals surface area contributed by atoms with Crippen LogP contribution < -0.4 is 10.6 Å². The van der Waals surface area contributed by atoms with Gasteiger partial charge in [0.25, 0.3) is 0 Å². The molecule has 0 aliphatic heterocycles. The lowest BCUT2D eigenvalue weighted by molar-refractivity contribution is 0.231. The Bertz CT molecular complexity index is 540. The van der Waals surface area contributed by atoms with Crippen LogP contribution in [0.5, 0.6) is 0 Å². The molecule has 0 saturated carbocycles. The summed E-state index contributed by atoms with van der Waals surface area (Å²) in [5.74, 6) is 0.769. The molecule has 1 aromatic carbocycles. The van der Waals surface area contributed by atoms with Crippen LogP contribution in [0.3, 0.4) is 0 Å². The highest BCUT2D eigenvalue weighted by atomic mass is 16.3. The number of carbonyl (C=O) groups is 1. The van der Waals surface area contributed by atoms with Crippen molar-refractivity contribution in [1.82, 2.24) is 10.6 Å². The van der Waals surface area contributed by atoms with Crippen LogP contribution in [0.2, 0.25) is 0 Å². The molecule has 0 spiro atoms. The van der Waals surface area contributed by atoms with Crippen LogP contribution in [0.15, 0.2) is 34.7 Å². The van der Waals surface area contributed by atoms with Crippen LogP contribution >= 0.6 is 0 Å². The second-order valence-corrected chi connectivity index (χ2v) is 5.04. The predicted octanol–water partition coefficient (Wildman–Crippen LogP) is 3.98. The van der Waals surface area contributed by atoms with Crippen molar-refractivity contribution in [2.45, 2.75) is 45.7 Å². The van der Waals surface area contributed by atoms with Gasteiger partial charge in [-0.1, -0.05) is 32.0 Å². The van der Waals surface area contributed by atoms with Crippen LogP contribution in [0.25, 0.3) is 11.0 Å². The summed E-state index contributed by atoms with van der Waals surface area (Å²) < 4.78 is 5.75. The molecule has 20 heavy (non-hydrogen) atoms. The van der Waals surface area contributed by atoms with E-state index in [2.05, 4.69) is 24.5 Å². The molecule has 0 fully saturated rings. The van der Waals surface area contributed by atoms with Crippen molar-refractivity contribution in [2.75, 3.05) is 0 Å². The average molecular weight is 274 g/mol. The van der Waals surface area contributed by atoms with E-state index in [-0.39, 0.29) is 18.1 Å². The van der Waals surface area contributed by atoms with Crippen molar-refractivity contribution >= 4 is 17.0 Å². The fourth-order valence-corrected chi connectivity index (χ4v) is 2.20. The third-order valence-corrected chi connectivity index (χ3v) is 3.54. The summed E-state index contributed by atoms with van der Waals surface area (Å²) in [6.07, 6.45) is 1.87. The van der Waals surface area contributed by atoms with Gasteiger partial charge in [-0.3, -0.25) is 0 Å². The highest BCUT2D eigenvalue weighted by Crippen LogP contribution is 2.23. The number of hydrogen-bond donors (Lipinski definition) is 2. The highest BCUT2D eigenvalue weighted by Gasteiger charge is 2.15. The second-order valence-electron chi connectivity index (χ2n) is 5.04. The lowest BCUT2D eigenvalue weighted by Gasteiger charge is -2.17. The number of urea groups is 1. The summed E-state index contributed by atoms with van der Waals surface area (Å²) in [6.45, 7) is 6.05. The zero-order chi connectivity index (χ0) is 14.5.